The van der Waals surface area contributed by atoms with Crippen LogP contribution in [-0.4, -0.2) is 48.4 Å². The van der Waals surface area contributed by atoms with Crippen LogP contribution in [0.1, 0.15) is 23.6 Å². The Morgan fingerprint density at radius 3 is 2.59 bits per heavy atom. The second-order valence-electron chi connectivity index (χ2n) is 7.16. The highest BCUT2D eigenvalue weighted by Crippen LogP contribution is 2.25. The first-order valence-corrected chi connectivity index (χ1v) is 9.92. The van der Waals surface area contributed by atoms with Gasteiger partial charge in [-0.15, -0.1) is 0 Å². The number of carbonyl (C=O) groups excluding carboxylic acids is 1. The van der Waals surface area contributed by atoms with E-state index in [1.54, 1.807) is 12.1 Å². The van der Waals surface area contributed by atoms with Crippen molar-refractivity contribution >= 4 is 29.1 Å². The molecule has 1 heterocycles. The summed E-state index contributed by atoms with van der Waals surface area (Å²) in [6, 6.07) is 15.7. The average molecular weight is 406 g/mol. The molecule has 6 heteroatoms. The lowest BCUT2D eigenvalue weighted by molar-refractivity contribution is -0.131. The number of nitrogens with two attached hydrogens (primary N) is 1. The van der Waals surface area contributed by atoms with Crippen LogP contribution in [0.3, 0.4) is 0 Å². The fraction of sp³-hybridized carbons (Fsp3) is 0.381. The van der Waals surface area contributed by atoms with Gasteiger partial charge in [0.05, 0.1) is 22.5 Å². The van der Waals surface area contributed by atoms with Gasteiger partial charge in [-0.1, -0.05) is 59.6 Å². The predicted octanol–water partition coefficient (Wildman–Crippen LogP) is 3.77. The standard InChI is InChI=1S/C21H25Cl2N3O/c1-25(21(27)12-15-7-8-18(22)19(23)11-15)20(16-5-3-2-4-6-16)14-26-10-9-17(24)13-26/h2-8,11,17,20H,9-10,12-14,24H2,1H3/t17?,20-/m1/s1. The highest BCUT2D eigenvalue weighted by atomic mass is 35.5. The minimum atomic E-state index is -0.0215. The van der Waals surface area contributed by atoms with Gasteiger partial charge in [0.25, 0.3) is 0 Å². The molecule has 2 aromatic rings. The molecule has 0 spiro atoms. The van der Waals surface area contributed by atoms with Crippen molar-refractivity contribution in [3.05, 3.63) is 69.7 Å². The number of hydrogen-bond acceptors (Lipinski definition) is 3. The number of nitrogens with zero attached hydrogens (tertiary/aromatic N) is 2. The largest absolute Gasteiger partial charge is 0.337 e. The molecule has 3 rings (SSSR count). The Labute approximate surface area is 170 Å². The topological polar surface area (TPSA) is 49.6 Å². The Balaban J connectivity index is 1.75. The van der Waals surface area contributed by atoms with Gasteiger partial charge in [0.2, 0.25) is 5.91 Å². The maximum absolute atomic E-state index is 13.0. The van der Waals surface area contributed by atoms with E-state index in [2.05, 4.69) is 17.0 Å². The molecule has 1 amide bonds. The first-order valence-electron chi connectivity index (χ1n) is 9.16. The zero-order valence-electron chi connectivity index (χ0n) is 15.4. The van der Waals surface area contributed by atoms with Gasteiger partial charge < -0.3 is 10.6 Å². The van der Waals surface area contributed by atoms with Gasteiger partial charge in [-0.25, -0.2) is 0 Å². The molecule has 1 aliphatic heterocycles. The molecule has 0 saturated carbocycles. The van der Waals surface area contributed by atoms with Gasteiger partial charge in [0, 0.05) is 26.2 Å². The lowest BCUT2D eigenvalue weighted by Gasteiger charge is -2.32. The second-order valence-corrected chi connectivity index (χ2v) is 7.98. The van der Waals surface area contributed by atoms with E-state index < -0.39 is 0 Å². The first-order chi connectivity index (χ1) is 12.9. The summed E-state index contributed by atoms with van der Waals surface area (Å²) < 4.78 is 0. The van der Waals surface area contributed by atoms with Gasteiger partial charge in [-0.05, 0) is 36.2 Å². The lowest BCUT2D eigenvalue weighted by atomic mass is 10.0. The minimum absolute atomic E-state index is 0.0215. The highest BCUT2D eigenvalue weighted by molar-refractivity contribution is 6.42. The second kappa shape index (κ2) is 9.07. The summed E-state index contributed by atoms with van der Waals surface area (Å²) >= 11 is 12.1. The van der Waals surface area contributed by atoms with E-state index in [4.69, 9.17) is 28.9 Å². The van der Waals surface area contributed by atoms with E-state index in [9.17, 15) is 4.79 Å². The van der Waals surface area contributed by atoms with Gasteiger partial charge in [0.1, 0.15) is 0 Å². The molecule has 0 radical (unpaired) electrons. The van der Waals surface area contributed by atoms with Crippen LogP contribution in [0.4, 0.5) is 0 Å². The molecule has 0 aliphatic carbocycles. The van der Waals surface area contributed by atoms with E-state index in [1.807, 2.05) is 36.2 Å². The zero-order chi connectivity index (χ0) is 19.4. The summed E-state index contributed by atoms with van der Waals surface area (Å²) in [7, 11) is 1.87. The maximum Gasteiger partial charge on any atom is 0.227 e. The Morgan fingerprint density at radius 1 is 1.22 bits per heavy atom. The van der Waals surface area contributed by atoms with E-state index in [0.29, 0.717) is 10.0 Å². The van der Waals surface area contributed by atoms with E-state index in [-0.39, 0.29) is 24.4 Å². The predicted molar refractivity (Wildman–Crippen MR) is 111 cm³/mol. The van der Waals surface area contributed by atoms with Crippen molar-refractivity contribution in [2.75, 3.05) is 26.7 Å². The lowest BCUT2D eigenvalue weighted by Crippen LogP contribution is -2.40. The van der Waals surface area contributed by atoms with Crippen LogP contribution in [-0.2, 0) is 11.2 Å². The van der Waals surface area contributed by atoms with Gasteiger partial charge in [-0.2, -0.15) is 0 Å². The third-order valence-electron chi connectivity index (χ3n) is 5.12. The molecule has 1 saturated heterocycles. The van der Waals surface area contributed by atoms with Crippen LogP contribution in [0.25, 0.3) is 0 Å². The minimum Gasteiger partial charge on any atom is -0.337 e. The van der Waals surface area contributed by atoms with Crippen LogP contribution in [0.5, 0.6) is 0 Å². The van der Waals surface area contributed by atoms with Crippen LogP contribution < -0.4 is 5.73 Å². The van der Waals surface area contributed by atoms with E-state index in [0.717, 1.165) is 37.2 Å². The molecule has 2 atom stereocenters. The number of amides is 1. The summed E-state index contributed by atoms with van der Waals surface area (Å²) in [6.45, 7) is 2.62. The normalized spacial score (nSPS) is 18.4. The Hall–Kier alpha value is -1.59. The third kappa shape index (κ3) is 5.23. The summed E-state index contributed by atoms with van der Waals surface area (Å²) in [5, 5.41) is 0.962. The number of carbonyl (C=O) groups is 1. The molecule has 0 aromatic heterocycles. The Bertz CT molecular complexity index is 784. The van der Waals surface area contributed by atoms with Crippen LogP contribution in [0, 0.1) is 0 Å². The molecule has 2 aromatic carbocycles. The smallest absolute Gasteiger partial charge is 0.227 e. The zero-order valence-corrected chi connectivity index (χ0v) is 17.0. The quantitative estimate of drug-likeness (QED) is 0.795. The molecule has 2 N–H and O–H groups in total. The molecule has 1 fully saturated rings. The van der Waals surface area contributed by atoms with Crippen molar-refractivity contribution in [1.82, 2.24) is 9.80 Å². The molecule has 27 heavy (non-hydrogen) atoms. The van der Waals surface area contributed by atoms with Crippen molar-refractivity contribution in [3.8, 4) is 0 Å². The van der Waals surface area contributed by atoms with Crippen LogP contribution in [0.2, 0.25) is 10.0 Å². The van der Waals surface area contributed by atoms with E-state index in [1.165, 1.54) is 0 Å². The van der Waals surface area contributed by atoms with Gasteiger partial charge >= 0.3 is 0 Å². The summed E-state index contributed by atoms with van der Waals surface area (Å²) in [5.41, 5.74) is 8.04. The fourth-order valence-electron chi connectivity index (χ4n) is 3.52. The molecular weight excluding hydrogens is 381 g/mol. The number of likely N-dealkylation sites (N-methyl/N-ethyl adjacent to an activating group) is 1. The number of benzene rings is 2. The van der Waals surface area contributed by atoms with Crippen LogP contribution >= 0.6 is 23.2 Å². The van der Waals surface area contributed by atoms with Crippen molar-refractivity contribution < 1.29 is 4.79 Å². The highest BCUT2D eigenvalue weighted by Gasteiger charge is 2.27. The molecule has 144 valence electrons. The summed E-state index contributed by atoms with van der Waals surface area (Å²) in [5.74, 6) is 0.0470. The van der Waals surface area contributed by atoms with Gasteiger partial charge in [0.15, 0.2) is 0 Å². The van der Waals surface area contributed by atoms with Crippen molar-refractivity contribution in [3.63, 3.8) is 0 Å². The first kappa shape index (κ1) is 20.2. The number of halogens is 2. The Kier molecular flexibility index (Phi) is 6.77. The maximum atomic E-state index is 13.0. The molecule has 1 aliphatic rings. The summed E-state index contributed by atoms with van der Waals surface area (Å²) in [4.78, 5) is 17.1. The molecule has 0 bridgehead atoms. The number of hydrogen-bond donors (Lipinski definition) is 1. The fourth-order valence-corrected chi connectivity index (χ4v) is 3.84. The monoisotopic (exact) mass is 405 g/mol. The van der Waals surface area contributed by atoms with Crippen LogP contribution in [0.15, 0.2) is 48.5 Å². The van der Waals surface area contributed by atoms with Crippen molar-refractivity contribution in [1.29, 1.82) is 0 Å². The number of rotatable bonds is 6. The average Bonchev–Trinajstić information content (AvgIpc) is 3.08. The summed E-state index contributed by atoms with van der Waals surface area (Å²) in [6.07, 6.45) is 1.29. The van der Waals surface area contributed by atoms with Crippen molar-refractivity contribution in [2.24, 2.45) is 5.73 Å². The van der Waals surface area contributed by atoms with E-state index >= 15 is 0 Å². The van der Waals surface area contributed by atoms with Crippen molar-refractivity contribution in [2.45, 2.75) is 24.9 Å². The molecule has 4 nitrogen and oxygen atoms in total. The number of likely N-dealkylation sites (tertiary alicyclic amines) is 1. The van der Waals surface area contributed by atoms with Gasteiger partial charge in [-0.3, -0.25) is 9.69 Å². The SMILES string of the molecule is CN(C(=O)Cc1ccc(Cl)c(Cl)c1)[C@H](CN1CCC(N)C1)c1ccccc1. The third-order valence-corrected chi connectivity index (χ3v) is 5.86. The molecular formula is C21H25Cl2N3O. The Morgan fingerprint density at radius 2 is 1.96 bits per heavy atom. The molecule has 1 unspecified atom stereocenters.